The lowest BCUT2D eigenvalue weighted by molar-refractivity contribution is 0.464. The summed E-state index contributed by atoms with van der Waals surface area (Å²) < 4.78 is 33.7. The number of hydrogen-bond acceptors (Lipinski definition) is 6. The summed E-state index contributed by atoms with van der Waals surface area (Å²) in [7, 11) is -3.94. The van der Waals surface area contributed by atoms with E-state index < -0.39 is 10.0 Å². The highest BCUT2D eigenvalue weighted by Crippen LogP contribution is 2.33. The molecule has 0 spiro atoms. The van der Waals surface area contributed by atoms with E-state index in [9.17, 15) is 8.42 Å². The fourth-order valence-corrected chi connectivity index (χ4v) is 3.91. The summed E-state index contributed by atoms with van der Waals surface area (Å²) in [6, 6.07) is 22.1. The van der Waals surface area contributed by atoms with Crippen LogP contribution in [0.4, 0.5) is 11.6 Å². The van der Waals surface area contributed by atoms with Crippen molar-refractivity contribution in [1.82, 2.24) is 9.97 Å². The smallest absolute Gasteiger partial charge is 0.264 e. The molecule has 3 aromatic carbocycles. The number of nitrogens with one attached hydrogen (secondary N) is 1. The molecule has 0 fully saturated rings. The highest BCUT2D eigenvalue weighted by molar-refractivity contribution is 7.92. The molecular weight excluding hydrogens is 436 g/mol. The van der Waals surface area contributed by atoms with Crippen LogP contribution in [-0.4, -0.2) is 18.4 Å². The summed E-state index contributed by atoms with van der Waals surface area (Å²) in [5.74, 6) is 0.598. The Morgan fingerprint density at radius 1 is 0.935 bits per heavy atom. The Bertz CT molecular complexity index is 1310. The van der Waals surface area contributed by atoms with Gasteiger partial charge in [-0.25, -0.2) is 18.1 Å². The first-order valence-electron chi connectivity index (χ1n) is 9.15. The fourth-order valence-electron chi connectivity index (χ4n) is 2.78. The highest BCUT2D eigenvalue weighted by Gasteiger charge is 2.18. The second-order valence-electron chi connectivity index (χ2n) is 6.51. The Labute approximate surface area is 184 Å². The number of nitrogens with zero attached hydrogens (tertiary/aromatic N) is 2. The second kappa shape index (κ2) is 8.63. The van der Waals surface area contributed by atoms with Crippen LogP contribution in [0.2, 0.25) is 5.02 Å². The standard InChI is InChI=1S/C22H17ClN4O3S/c23-16-11-9-15(10-12-16)20-14-25-22(26-21(20)30-18-6-2-1-3-7-18)27-31(28,29)19-8-4-5-17(24)13-19/h1-14H,24H2,(H,25,26,27). The molecule has 0 aliphatic rings. The van der Waals surface area contributed by atoms with Gasteiger partial charge in [0.25, 0.3) is 10.0 Å². The van der Waals surface area contributed by atoms with Crippen LogP contribution in [0.3, 0.4) is 0 Å². The SMILES string of the molecule is Nc1cccc(S(=O)(=O)Nc2ncc(-c3ccc(Cl)cc3)c(Oc3ccccc3)n2)c1. The molecule has 0 bridgehead atoms. The molecule has 156 valence electrons. The lowest BCUT2D eigenvalue weighted by atomic mass is 10.1. The number of halogens is 1. The van der Waals surface area contributed by atoms with Crippen LogP contribution >= 0.6 is 11.6 Å². The van der Waals surface area contributed by atoms with Crippen molar-refractivity contribution in [1.29, 1.82) is 0 Å². The van der Waals surface area contributed by atoms with E-state index in [2.05, 4.69) is 14.7 Å². The van der Waals surface area contributed by atoms with Crippen LogP contribution in [0.1, 0.15) is 0 Å². The predicted octanol–water partition coefficient (Wildman–Crippen LogP) is 4.97. The van der Waals surface area contributed by atoms with Gasteiger partial charge < -0.3 is 10.5 Å². The first-order chi connectivity index (χ1) is 14.9. The molecule has 4 rings (SSSR count). The van der Waals surface area contributed by atoms with Crippen LogP contribution in [0.5, 0.6) is 11.6 Å². The van der Waals surface area contributed by atoms with Gasteiger partial charge in [0.2, 0.25) is 11.8 Å². The molecule has 0 unspecified atom stereocenters. The highest BCUT2D eigenvalue weighted by atomic mass is 35.5. The van der Waals surface area contributed by atoms with Crippen molar-refractivity contribution in [2.45, 2.75) is 4.90 Å². The zero-order chi connectivity index (χ0) is 21.8. The minimum absolute atomic E-state index is 0.00315. The molecule has 0 saturated carbocycles. The van der Waals surface area contributed by atoms with E-state index in [1.54, 1.807) is 48.5 Å². The van der Waals surface area contributed by atoms with Crippen LogP contribution < -0.4 is 15.2 Å². The molecule has 31 heavy (non-hydrogen) atoms. The maximum absolute atomic E-state index is 12.7. The van der Waals surface area contributed by atoms with Gasteiger partial charge in [0.15, 0.2) is 0 Å². The molecule has 9 heteroatoms. The van der Waals surface area contributed by atoms with Gasteiger partial charge in [0.1, 0.15) is 5.75 Å². The van der Waals surface area contributed by atoms with Gasteiger partial charge in [-0.15, -0.1) is 0 Å². The quantitative estimate of drug-likeness (QED) is 0.400. The number of sulfonamides is 1. The van der Waals surface area contributed by atoms with Crippen molar-refractivity contribution >= 4 is 33.3 Å². The molecule has 0 amide bonds. The van der Waals surface area contributed by atoms with Crippen molar-refractivity contribution in [3.63, 3.8) is 0 Å². The predicted molar refractivity (Wildman–Crippen MR) is 121 cm³/mol. The van der Waals surface area contributed by atoms with Crippen LogP contribution in [0.15, 0.2) is 90.0 Å². The number of aromatic nitrogens is 2. The second-order valence-corrected chi connectivity index (χ2v) is 8.63. The molecular formula is C22H17ClN4O3S. The van der Waals surface area contributed by atoms with Gasteiger partial charge >= 0.3 is 0 Å². The number of rotatable bonds is 6. The number of nitrogens with two attached hydrogens (primary N) is 1. The van der Waals surface area contributed by atoms with Gasteiger partial charge in [-0.3, -0.25) is 0 Å². The lowest BCUT2D eigenvalue weighted by Gasteiger charge is -2.13. The summed E-state index contributed by atoms with van der Waals surface area (Å²) in [6.45, 7) is 0. The summed E-state index contributed by atoms with van der Waals surface area (Å²) >= 11 is 5.99. The maximum atomic E-state index is 12.7. The molecule has 0 aliphatic heterocycles. The van der Waals surface area contributed by atoms with Crippen LogP contribution in [-0.2, 0) is 10.0 Å². The summed E-state index contributed by atoms with van der Waals surface area (Å²) in [5.41, 5.74) is 7.37. The number of hydrogen-bond donors (Lipinski definition) is 2. The molecule has 1 heterocycles. The first kappa shape index (κ1) is 20.6. The van der Waals surface area contributed by atoms with Crippen molar-refractivity contribution in [2.24, 2.45) is 0 Å². The lowest BCUT2D eigenvalue weighted by Crippen LogP contribution is -2.15. The van der Waals surface area contributed by atoms with Crippen molar-refractivity contribution in [2.75, 3.05) is 10.5 Å². The van der Waals surface area contributed by atoms with Gasteiger partial charge in [-0.05, 0) is 48.0 Å². The van der Waals surface area contributed by atoms with E-state index in [0.29, 0.717) is 22.0 Å². The number of para-hydroxylation sites is 1. The largest absolute Gasteiger partial charge is 0.438 e. The molecule has 0 radical (unpaired) electrons. The van der Waals surface area contributed by atoms with E-state index in [1.165, 1.54) is 18.3 Å². The third-order valence-electron chi connectivity index (χ3n) is 4.26. The van der Waals surface area contributed by atoms with Crippen molar-refractivity contribution < 1.29 is 13.2 Å². The molecule has 7 nitrogen and oxygen atoms in total. The average molecular weight is 453 g/mol. The topological polar surface area (TPSA) is 107 Å². The molecule has 0 aliphatic carbocycles. The maximum Gasteiger partial charge on any atom is 0.264 e. The third-order valence-corrected chi connectivity index (χ3v) is 5.84. The number of anilines is 2. The Balaban J connectivity index is 1.73. The monoisotopic (exact) mass is 452 g/mol. The molecule has 3 N–H and O–H groups in total. The molecule has 0 saturated heterocycles. The zero-order valence-corrected chi connectivity index (χ0v) is 17.6. The average Bonchev–Trinajstić information content (AvgIpc) is 2.75. The van der Waals surface area contributed by atoms with E-state index >= 15 is 0 Å². The summed E-state index contributed by atoms with van der Waals surface area (Å²) in [4.78, 5) is 8.48. The Kier molecular flexibility index (Phi) is 5.75. The van der Waals surface area contributed by atoms with Gasteiger partial charge in [0, 0.05) is 16.9 Å². The first-order valence-corrected chi connectivity index (χ1v) is 11.0. The number of nitrogen functional groups attached to an aromatic ring is 1. The van der Waals surface area contributed by atoms with Crippen LogP contribution in [0, 0.1) is 0 Å². The number of ether oxygens (including phenoxy) is 1. The van der Waals surface area contributed by atoms with Gasteiger partial charge in [-0.1, -0.05) is 48.0 Å². The third kappa shape index (κ3) is 4.93. The van der Waals surface area contributed by atoms with E-state index in [0.717, 1.165) is 5.56 Å². The zero-order valence-electron chi connectivity index (χ0n) is 16.1. The van der Waals surface area contributed by atoms with E-state index in [-0.39, 0.29) is 16.7 Å². The van der Waals surface area contributed by atoms with E-state index in [1.807, 2.05) is 18.2 Å². The van der Waals surface area contributed by atoms with E-state index in [4.69, 9.17) is 22.1 Å². The van der Waals surface area contributed by atoms with Gasteiger partial charge in [-0.2, -0.15) is 4.98 Å². The summed E-state index contributed by atoms with van der Waals surface area (Å²) in [5, 5.41) is 0.585. The normalized spacial score (nSPS) is 11.1. The Morgan fingerprint density at radius 2 is 1.68 bits per heavy atom. The fraction of sp³-hybridized carbons (Fsp3) is 0. The summed E-state index contributed by atoms with van der Waals surface area (Å²) in [6.07, 6.45) is 1.49. The van der Waals surface area contributed by atoms with Crippen molar-refractivity contribution in [3.05, 3.63) is 90.1 Å². The van der Waals surface area contributed by atoms with Gasteiger partial charge in [0.05, 0.1) is 10.5 Å². The minimum atomic E-state index is -3.94. The Morgan fingerprint density at radius 3 is 2.39 bits per heavy atom. The molecule has 0 atom stereocenters. The van der Waals surface area contributed by atoms with Crippen LogP contribution in [0.25, 0.3) is 11.1 Å². The molecule has 4 aromatic rings. The minimum Gasteiger partial charge on any atom is -0.438 e. The number of benzene rings is 3. The molecule has 1 aromatic heterocycles. The Hall–Kier alpha value is -3.62. The van der Waals surface area contributed by atoms with Crippen molar-refractivity contribution in [3.8, 4) is 22.8 Å².